The molecule has 0 radical (unpaired) electrons. The number of carbonyl (C=O) groups is 2. The van der Waals surface area contributed by atoms with E-state index in [9.17, 15) is 14.7 Å². The lowest BCUT2D eigenvalue weighted by molar-refractivity contribution is -0.156. The summed E-state index contributed by atoms with van der Waals surface area (Å²) in [7, 11) is 0. The third-order valence-corrected chi connectivity index (χ3v) is 4.06. The van der Waals surface area contributed by atoms with Crippen molar-refractivity contribution < 1.29 is 19.8 Å². The highest BCUT2D eigenvalue weighted by molar-refractivity contribution is 9.10. The van der Waals surface area contributed by atoms with Crippen LogP contribution in [-0.4, -0.2) is 34.2 Å². The standard InChI is InChI=1S/C17H24BrNO4/c1-11(2)7-13(8-12-5-4-6-14(18)9-12)15(20)19-10-17(3,23)16(21)22/h4-6,9,11,13,23H,7-8,10H2,1-3H3,(H,19,20)(H,21,22). The van der Waals surface area contributed by atoms with Crippen LogP contribution in [0.15, 0.2) is 28.7 Å². The highest BCUT2D eigenvalue weighted by Gasteiger charge is 2.31. The number of carbonyl (C=O) groups excluding carboxylic acids is 1. The molecule has 3 N–H and O–H groups in total. The van der Waals surface area contributed by atoms with Gasteiger partial charge >= 0.3 is 5.97 Å². The molecule has 0 fully saturated rings. The molecule has 2 unspecified atom stereocenters. The van der Waals surface area contributed by atoms with E-state index in [1.807, 2.05) is 38.1 Å². The molecule has 2 atom stereocenters. The van der Waals surface area contributed by atoms with Gasteiger partial charge in [-0.05, 0) is 43.4 Å². The Morgan fingerprint density at radius 2 is 2.00 bits per heavy atom. The van der Waals surface area contributed by atoms with Crippen molar-refractivity contribution in [1.82, 2.24) is 5.32 Å². The third-order valence-electron chi connectivity index (χ3n) is 3.57. The summed E-state index contributed by atoms with van der Waals surface area (Å²) in [5, 5.41) is 21.2. The molecule has 5 nitrogen and oxygen atoms in total. The van der Waals surface area contributed by atoms with Crippen LogP contribution in [0.4, 0.5) is 0 Å². The number of nitrogens with one attached hydrogen (secondary N) is 1. The minimum absolute atomic E-state index is 0.236. The van der Waals surface area contributed by atoms with Gasteiger partial charge in [0.05, 0.1) is 6.54 Å². The van der Waals surface area contributed by atoms with Gasteiger partial charge in [0.2, 0.25) is 5.91 Å². The SMILES string of the molecule is CC(C)CC(Cc1cccc(Br)c1)C(=O)NCC(C)(O)C(=O)O. The first-order chi connectivity index (χ1) is 10.6. The summed E-state index contributed by atoms with van der Waals surface area (Å²) >= 11 is 3.41. The Hall–Kier alpha value is -1.40. The van der Waals surface area contributed by atoms with E-state index in [1.165, 1.54) is 6.92 Å². The Morgan fingerprint density at radius 1 is 1.35 bits per heavy atom. The van der Waals surface area contributed by atoms with Crippen molar-refractivity contribution in [3.63, 3.8) is 0 Å². The van der Waals surface area contributed by atoms with Crippen LogP contribution in [-0.2, 0) is 16.0 Å². The lowest BCUT2D eigenvalue weighted by Crippen LogP contribution is -2.48. The van der Waals surface area contributed by atoms with E-state index >= 15 is 0 Å². The molecular weight excluding hydrogens is 362 g/mol. The molecule has 0 saturated heterocycles. The number of benzene rings is 1. The smallest absolute Gasteiger partial charge is 0.337 e. The summed E-state index contributed by atoms with van der Waals surface area (Å²) in [5.41, 5.74) is -0.932. The molecule has 6 heteroatoms. The van der Waals surface area contributed by atoms with Crippen LogP contribution in [0.1, 0.15) is 32.8 Å². The molecule has 1 aromatic rings. The lowest BCUT2D eigenvalue weighted by Gasteiger charge is -2.22. The maximum Gasteiger partial charge on any atom is 0.337 e. The summed E-state index contributed by atoms with van der Waals surface area (Å²) in [6.45, 7) is 4.93. The van der Waals surface area contributed by atoms with E-state index in [2.05, 4.69) is 21.2 Å². The van der Waals surface area contributed by atoms with Crippen LogP contribution in [0.25, 0.3) is 0 Å². The van der Waals surface area contributed by atoms with Crippen LogP contribution >= 0.6 is 15.9 Å². The van der Waals surface area contributed by atoms with Crippen LogP contribution in [0.5, 0.6) is 0 Å². The number of rotatable bonds is 8. The molecule has 128 valence electrons. The maximum absolute atomic E-state index is 12.4. The van der Waals surface area contributed by atoms with Crippen molar-refractivity contribution in [2.75, 3.05) is 6.54 Å². The molecule has 23 heavy (non-hydrogen) atoms. The number of carboxylic acids is 1. The van der Waals surface area contributed by atoms with Gasteiger partial charge in [0, 0.05) is 10.4 Å². The Labute approximate surface area is 145 Å². The van der Waals surface area contributed by atoms with Gasteiger partial charge in [-0.25, -0.2) is 4.79 Å². The Morgan fingerprint density at radius 3 is 2.52 bits per heavy atom. The van der Waals surface area contributed by atoms with Gasteiger partial charge in [0.1, 0.15) is 0 Å². The van der Waals surface area contributed by atoms with Gasteiger partial charge in [-0.15, -0.1) is 0 Å². The second kappa shape index (κ2) is 8.45. The van der Waals surface area contributed by atoms with E-state index in [0.29, 0.717) is 18.8 Å². The van der Waals surface area contributed by atoms with Crippen LogP contribution in [0.3, 0.4) is 0 Å². The molecular formula is C17H24BrNO4. The van der Waals surface area contributed by atoms with E-state index in [-0.39, 0.29) is 18.4 Å². The Bertz CT molecular complexity index is 557. The van der Waals surface area contributed by atoms with E-state index < -0.39 is 11.6 Å². The normalized spacial score (nSPS) is 15.0. The summed E-state index contributed by atoms with van der Waals surface area (Å²) < 4.78 is 0.951. The molecule has 0 aliphatic carbocycles. The summed E-state index contributed by atoms with van der Waals surface area (Å²) in [4.78, 5) is 23.3. The topological polar surface area (TPSA) is 86.6 Å². The monoisotopic (exact) mass is 385 g/mol. The number of carboxylic acid groups (broad SMARTS) is 1. The fourth-order valence-electron chi connectivity index (χ4n) is 2.28. The second-order valence-corrected chi connectivity index (χ2v) is 7.37. The molecule has 1 rings (SSSR count). The van der Waals surface area contributed by atoms with Crippen molar-refractivity contribution in [2.45, 2.75) is 39.2 Å². The number of amides is 1. The first-order valence-corrected chi connectivity index (χ1v) is 8.39. The Balaban J connectivity index is 2.77. The fourth-order valence-corrected chi connectivity index (χ4v) is 2.73. The van der Waals surface area contributed by atoms with Crippen LogP contribution in [0, 0.1) is 11.8 Å². The van der Waals surface area contributed by atoms with Crippen molar-refractivity contribution in [3.8, 4) is 0 Å². The van der Waals surface area contributed by atoms with Crippen LogP contribution in [0.2, 0.25) is 0 Å². The van der Waals surface area contributed by atoms with Gasteiger partial charge in [0.25, 0.3) is 0 Å². The minimum Gasteiger partial charge on any atom is -0.479 e. The van der Waals surface area contributed by atoms with Gasteiger partial charge in [0.15, 0.2) is 5.60 Å². The molecule has 0 bridgehead atoms. The fraction of sp³-hybridized carbons (Fsp3) is 0.529. The highest BCUT2D eigenvalue weighted by Crippen LogP contribution is 2.20. The summed E-state index contributed by atoms with van der Waals surface area (Å²) in [5.74, 6) is -1.53. The van der Waals surface area contributed by atoms with Crippen molar-refractivity contribution in [2.24, 2.45) is 11.8 Å². The largest absolute Gasteiger partial charge is 0.479 e. The predicted octanol–water partition coefficient (Wildman–Crippen LogP) is 2.61. The molecule has 0 spiro atoms. The molecule has 0 aliphatic rings. The lowest BCUT2D eigenvalue weighted by atomic mass is 9.90. The highest BCUT2D eigenvalue weighted by atomic mass is 79.9. The average Bonchev–Trinajstić information content (AvgIpc) is 2.43. The summed E-state index contributed by atoms with van der Waals surface area (Å²) in [6.07, 6.45) is 1.26. The second-order valence-electron chi connectivity index (χ2n) is 6.46. The van der Waals surface area contributed by atoms with Gasteiger partial charge in [-0.2, -0.15) is 0 Å². The Kier molecular flexibility index (Phi) is 7.22. The minimum atomic E-state index is -1.96. The third kappa shape index (κ3) is 6.71. The van der Waals surface area contributed by atoms with Gasteiger partial charge in [-0.1, -0.05) is 41.9 Å². The van der Waals surface area contributed by atoms with Crippen molar-refractivity contribution in [1.29, 1.82) is 0 Å². The predicted molar refractivity (Wildman–Crippen MR) is 92.1 cm³/mol. The molecule has 1 amide bonds. The van der Waals surface area contributed by atoms with E-state index in [1.54, 1.807) is 0 Å². The average molecular weight is 386 g/mol. The van der Waals surface area contributed by atoms with Crippen molar-refractivity contribution in [3.05, 3.63) is 34.3 Å². The van der Waals surface area contributed by atoms with Crippen LogP contribution < -0.4 is 5.32 Å². The zero-order valence-electron chi connectivity index (χ0n) is 13.7. The van der Waals surface area contributed by atoms with E-state index in [4.69, 9.17) is 5.11 Å². The first kappa shape index (κ1) is 19.6. The number of halogens is 1. The molecule has 0 saturated carbocycles. The maximum atomic E-state index is 12.4. The zero-order chi connectivity index (χ0) is 17.6. The zero-order valence-corrected chi connectivity index (χ0v) is 15.3. The first-order valence-electron chi connectivity index (χ1n) is 7.59. The quantitative estimate of drug-likeness (QED) is 0.641. The number of hydrogen-bond acceptors (Lipinski definition) is 3. The number of aliphatic hydroxyl groups is 1. The summed E-state index contributed by atoms with van der Waals surface area (Å²) in [6, 6.07) is 7.76. The number of aliphatic carboxylic acids is 1. The number of hydrogen-bond donors (Lipinski definition) is 3. The van der Waals surface area contributed by atoms with E-state index in [0.717, 1.165) is 10.0 Å². The molecule has 0 aromatic heterocycles. The van der Waals surface area contributed by atoms with Gasteiger partial charge in [-0.3, -0.25) is 4.79 Å². The molecule has 1 aromatic carbocycles. The molecule has 0 aliphatic heterocycles. The van der Waals surface area contributed by atoms with Gasteiger partial charge < -0.3 is 15.5 Å². The molecule has 0 heterocycles. The van der Waals surface area contributed by atoms with Crippen molar-refractivity contribution >= 4 is 27.8 Å².